The molecule has 0 aliphatic carbocycles. The van der Waals surface area contributed by atoms with Crippen LogP contribution in [0.2, 0.25) is 0 Å². The lowest BCUT2D eigenvalue weighted by Crippen LogP contribution is -2.11. The molecule has 0 aliphatic heterocycles. The van der Waals surface area contributed by atoms with E-state index in [-0.39, 0.29) is 11.5 Å². The Labute approximate surface area is 118 Å². The van der Waals surface area contributed by atoms with Crippen LogP contribution in [0.4, 0.5) is 17.3 Å². The van der Waals surface area contributed by atoms with Crippen LogP contribution in [0.15, 0.2) is 12.1 Å². The first-order chi connectivity index (χ1) is 9.54. The highest BCUT2D eigenvalue weighted by Crippen LogP contribution is 2.23. The number of nitrogens with one attached hydrogen (secondary N) is 2. The average Bonchev–Trinajstić information content (AvgIpc) is 2.41. The monoisotopic (exact) mass is 282 g/mol. The van der Waals surface area contributed by atoms with Gasteiger partial charge in [-0.05, 0) is 18.4 Å². The summed E-state index contributed by atoms with van der Waals surface area (Å²) in [5.41, 5.74) is -0.0212. The van der Waals surface area contributed by atoms with E-state index in [0.717, 1.165) is 13.0 Å². The van der Waals surface area contributed by atoms with Gasteiger partial charge in [-0.15, -0.1) is 0 Å². The third kappa shape index (κ3) is 5.40. The summed E-state index contributed by atoms with van der Waals surface area (Å²) in [5.74, 6) is 1.39. The van der Waals surface area contributed by atoms with E-state index in [1.54, 1.807) is 13.1 Å². The fourth-order valence-electron chi connectivity index (χ4n) is 1.57. The Balaban J connectivity index is 2.47. The van der Waals surface area contributed by atoms with Gasteiger partial charge in [-0.3, -0.25) is 10.1 Å². The molecular weight excluding hydrogens is 260 g/mol. The van der Waals surface area contributed by atoms with Crippen LogP contribution in [-0.4, -0.2) is 36.7 Å². The number of anilines is 2. The van der Waals surface area contributed by atoms with Crippen molar-refractivity contribution in [2.24, 2.45) is 5.92 Å². The van der Waals surface area contributed by atoms with Crippen molar-refractivity contribution >= 4 is 17.3 Å². The standard InChI is InChI=1S/C13H22N4O3/c1-10(2)9-20-8-4-7-15-13-11(17(18)19)5-6-12(14-3)16-13/h5-6,10H,4,7-9H2,1-3H3,(H2,14,15,16). The molecule has 0 saturated heterocycles. The molecule has 0 aromatic carbocycles. The largest absolute Gasteiger partial charge is 0.381 e. The molecule has 2 N–H and O–H groups in total. The van der Waals surface area contributed by atoms with Gasteiger partial charge in [-0.2, -0.15) is 0 Å². The molecule has 1 rings (SSSR count). The van der Waals surface area contributed by atoms with E-state index in [9.17, 15) is 10.1 Å². The highest BCUT2D eigenvalue weighted by molar-refractivity contribution is 5.60. The van der Waals surface area contributed by atoms with Gasteiger partial charge in [0.1, 0.15) is 5.82 Å². The minimum Gasteiger partial charge on any atom is -0.381 e. The molecule has 0 unspecified atom stereocenters. The highest BCUT2D eigenvalue weighted by Gasteiger charge is 2.15. The van der Waals surface area contributed by atoms with Gasteiger partial charge < -0.3 is 15.4 Å². The van der Waals surface area contributed by atoms with Crippen molar-refractivity contribution < 1.29 is 9.66 Å². The Morgan fingerprint density at radius 3 is 2.80 bits per heavy atom. The van der Waals surface area contributed by atoms with Crippen molar-refractivity contribution in [2.75, 3.05) is 37.4 Å². The Kier molecular flexibility index (Phi) is 6.72. The van der Waals surface area contributed by atoms with Crippen molar-refractivity contribution in [1.29, 1.82) is 0 Å². The molecule has 0 atom stereocenters. The summed E-state index contributed by atoms with van der Waals surface area (Å²) in [5, 5.41) is 16.8. The van der Waals surface area contributed by atoms with Crippen LogP contribution in [0, 0.1) is 16.0 Å². The van der Waals surface area contributed by atoms with Crippen LogP contribution in [0.3, 0.4) is 0 Å². The van der Waals surface area contributed by atoms with E-state index >= 15 is 0 Å². The lowest BCUT2D eigenvalue weighted by molar-refractivity contribution is -0.384. The first-order valence-corrected chi connectivity index (χ1v) is 6.69. The SMILES string of the molecule is CNc1ccc([N+](=O)[O-])c(NCCCOCC(C)C)n1. The molecule has 0 radical (unpaired) electrons. The molecule has 7 nitrogen and oxygen atoms in total. The van der Waals surface area contributed by atoms with Crippen LogP contribution in [-0.2, 0) is 4.74 Å². The lowest BCUT2D eigenvalue weighted by Gasteiger charge is -2.09. The van der Waals surface area contributed by atoms with E-state index < -0.39 is 4.92 Å². The van der Waals surface area contributed by atoms with Gasteiger partial charge in [0.2, 0.25) is 5.82 Å². The maximum Gasteiger partial charge on any atom is 0.311 e. The molecular formula is C13H22N4O3. The van der Waals surface area contributed by atoms with E-state index in [1.165, 1.54) is 6.07 Å². The maximum atomic E-state index is 10.9. The third-order valence-corrected chi connectivity index (χ3v) is 2.54. The predicted molar refractivity (Wildman–Crippen MR) is 79.2 cm³/mol. The molecule has 0 fully saturated rings. The molecule has 1 heterocycles. The van der Waals surface area contributed by atoms with Crippen molar-refractivity contribution in [3.05, 3.63) is 22.2 Å². The van der Waals surface area contributed by atoms with Crippen LogP contribution < -0.4 is 10.6 Å². The van der Waals surface area contributed by atoms with Gasteiger partial charge in [0.15, 0.2) is 0 Å². The number of rotatable bonds is 9. The van der Waals surface area contributed by atoms with Gasteiger partial charge in [-0.1, -0.05) is 13.8 Å². The first-order valence-electron chi connectivity index (χ1n) is 6.69. The van der Waals surface area contributed by atoms with Gasteiger partial charge in [-0.25, -0.2) is 4.98 Å². The summed E-state index contributed by atoms with van der Waals surface area (Å²) in [6.07, 6.45) is 0.773. The fourth-order valence-corrected chi connectivity index (χ4v) is 1.57. The van der Waals surface area contributed by atoms with Crippen LogP contribution in [0.5, 0.6) is 0 Å². The molecule has 7 heteroatoms. The van der Waals surface area contributed by atoms with E-state index in [1.807, 2.05) is 0 Å². The Morgan fingerprint density at radius 1 is 1.45 bits per heavy atom. The molecule has 20 heavy (non-hydrogen) atoms. The van der Waals surface area contributed by atoms with Gasteiger partial charge in [0, 0.05) is 32.9 Å². The lowest BCUT2D eigenvalue weighted by atomic mass is 10.2. The minimum atomic E-state index is -0.440. The third-order valence-electron chi connectivity index (χ3n) is 2.54. The fraction of sp³-hybridized carbons (Fsp3) is 0.615. The van der Waals surface area contributed by atoms with Gasteiger partial charge in [0.25, 0.3) is 0 Å². The molecule has 0 amide bonds. The van der Waals surface area contributed by atoms with E-state index in [2.05, 4.69) is 29.5 Å². The summed E-state index contributed by atoms with van der Waals surface area (Å²) < 4.78 is 5.45. The molecule has 0 spiro atoms. The molecule has 1 aromatic heterocycles. The molecule has 0 saturated carbocycles. The van der Waals surface area contributed by atoms with Gasteiger partial charge in [0.05, 0.1) is 4.92 Å². The zero-order chi connectivity index (χ0) is 15.0. The molecule has 1 aromatic rings. The van der Waals surface area contributed by atoms with Crippen LogP contribution >= 0.6 is 0 Å². The maximum absolute atomic E-state index is 10.9. The Morgan fingerprint density at radius 2 is 2.20 bits per heavy atom. The topological polar surface area (TPSA) is 89.3 Å². The van der Waals surface area contributed by atoms with Crippen molar-refractivity contribution in [3.8, 4) is 0 Å². The number of nitrogens with zero attached hydrogens (tertiary/aromatic N) is 2. The molecule has 112 valence electrons. The van der Waals surface area contributed by atoms with Crippen LogP contribution in [0.25, 0.3) is 0 Å². The Hall–Kier alpha value is -1.89. The van der Waals surface area contributed by atoms with Gasteiger partial charge >= 0.3 is 5.69 Å². The zero-order valence-corrected chi connectivity index (χ0v) is 12.2. The number of aromatic nitrogens is 1. The number of hydrogen-bond acceptors (Lipinski definition) is 6. The normalized spacial score (nSPS) is 10.6. The minimum absolute atomic E-state index is 0.0212. The average molecular weight is 282 g/mol. The van der Waals surface area contributed by atoms with Crippen molar-refractivity contribution in [2.45, 2.75) is 20.3 Å². The second-order valence-electron chi connectivity index (χ2n) is 4.82. The number of nitro groups is 1. The van der Waals surface area contributed by atoms with Crippen molar-refractivity contribution in [1.82, 2.24) is 4.98 Å². The Bertz CT molecular complexity index is 438. The first kappa shape index (κ1) is 16.2. The number of pyridine rings is 1. The quantitative estimate of drug-likeness (QED) is 0.411. The summed E-state index contributed by atoms with van der Waals surface area (Å²) in [6.45, 7) is 6.13. The number of ether oxygens (including phenoxy) is 1. The van der Waals surface area contributed by atoms with Crippen molar-refractivity contribution in [3.63, 3.8) is 0 Å². The van der Waals surface area contributed by atoms with E-state index in [0.29, 0.717) is 24.9 Å². The highest BCUT2D eigenvalue weighted by atomic mass is 16.6. The smallest absolute Gasteiger partial charge is 0.311 e. The van der Waals surface area contributed by atoms with E-state index in [4.69, 9.17) is 4.74 Å². The predicted octanol–water partition coefficient (Wildman–Crippen LogP) is 2.51. The zero-order valence-electron chi connectivity index (χ0n) is 12.2. The second-order valence-corrected chi connectivity index (χ2v) is 4.82. The van der Waals surface area contributed by atoms with Crippen LogP contribution in [0.1, 0.15) is 20.3 Å². The summed E-state index contributed by atoms with van der Waals surface area (Å²) in [6, 6.07) is 3.02. The number of hydrogen-bond donors (Lipinski definition) is 2. The molecule has 0 bridgehead atoms. The molecule has 0 aliphatic rings. The summed E-state index contributed by atoms with van der Waals surface area (Å²) in [4.78, 5) is 14.6. The summed E-state index contributed by atoms with van der Waals surface area (Å²) >= 11 is 0. The second kappa shape index (κ2) is 8.31. The summed E-state index contributed by atoms with van der Waals surface area (Å²) in [7, 11) is 1.72.